The lowest BCUT2D eigenvalue weighted by Gasteiger charge is -2.10. The molecule has 2 aromatic heterocycles. The molecule has 3 N–H and O–H groups in total. The number of hydrazine groups is 1. The smallest absolute Gasteiger partial charge is 0.256 e. The number of aryl methyl sites for hydroxylation is 1. The van der Waals surface area contributed by atoms with E-state index in [1.807, 2.05) is 36.4 Å². The van der Waals surface area contributed by atoms with Gasteiger partial charge in [-0.05, 0) is 31.4 Å². The van der Waals surface area contributed by atoms with Gasteiger partial charge in [0.25, 0.3) is 5.56 Å². The van der Waals surface area contributed by atoms with Gasteiger partial charge in [0.15, 0.2) is 11.5 Å². The molecule has 3 heterocycles. The van der Waals surface area contributed by atoms with Crippen LogP contribution in [0.2, 0.25) is 0 Å². The molecule has 1 amide bonds. The first-order valence-electron chi connectivity index (χ1n) is 11.6. The SMILES string of the molecule is CCCNNC(=O)CCCCCn1c2cc3c(cc2c2[nH]c(=O)c4ccccc4c21)OCO3. The Labute approximate surface area is 190 Å². The summed E-state index contributed by atoms with van der Waals surface area (Å²) in [5, 5.41) is 2.54. The summed E-state index contributed by atoms with van der Waals surface area (Å²) in [6.07, 6.45) is 4.13. The Morgan fingerprint density at radius 1 is 1.06 bits per heavy atom. The minimum absolute atomic E-state index is 0.0246. The number of ether oxygens (including phenoxy) is 2. The van der Waals surface area contributed by atoms with E-state index in [1.165, 1.54) is 0 Å². The van der Waals surface area contributed by atoms with Gasteiger partial charge in [0, 0.05) is 41.7 Å². The van der Waals surface area contributed by atoms with Gasteiger partial charge in [-0.1, -0.05) is 31.5 Å². The van der Waals surface area contributed by atoms with E-state index in [9.17, 15) is 9.59 Å². The molecule has 2 aromatic carbocycles. The van der Waals surface area contributed by atoms with Crippen LogP contribution in [0.4, 0.5) is 0 Å². The van der Waals surface area contributed by atoms with Crippen molar-refractivity contribution in [2.75, 3.05) is 13.3 Å². The number of H-pyrrole nitrogens is 1. The maximum atomic E-state index is 12.8. The van der Waals surface area contributed by atoms with Crippen LogP contribution in [0.15, 0.2) is 41.2 Å². The number of pyridine rings is 1. The number of fused-ring (bicyclic) bond motifs is 6. The molecule has 1 aliphatic heterocycles. The molecule has 33 heavy (non-hydrogen) atoms. The Bertz CT molecular complexity index is 1390. The molecule has 5 rings (SSSR count). The zero-order chi connectivity index (χ0) is 22.8. The van der Waals surface area contributed by atoms with Crippen molar-refractivity contribution in [3.63, 3.8) is 0 Å². The third-order valence-corrected chi connectivity index (χ3v) is 6.11. The molecule has 8 nitrogen and oxygen atoms in total. The summed E-state index contributed by atoms with van der Waals surface area (Å²) in [7, 11) is 0. The lowest BCUT2D eigenvalue weighted by molar-refractivity contribution is -0.122. The van der Waals surface area contributed by atoms with Crippen LogP contribution < -0.4 is 25.9 Å². The fraction of sp³-hybridized carbons (Fsp3) is 0.360. The van der Waals surface area contributed by atoms with Crippen molar-refractivity contribution in [2.24, 2.45) is 0 Å². The number of carbonyl (C=O) groups excluding carboxylic acids is 1. The largest absolute Gasteiger partial charge is 0.454 e. The van der Waals surface area contributed by atoms with E-state index in [1.54, 1.807) is 0 Å². The molecule has 0 aliphatic carbocycles. The maximum absolute atomic E-state index is 12.8. The zero-order valence-corrected chi connectivity index (χ0v) is 18.7. The number of carbonyl (C=O) groups is 1. The average Bonchev–Trinajstić information content (AvgIpc) is 3.40. The fourth-order valence-electron chi connectivity index (χ4n) is 4.53. The van der Waals surface area contributed by atoms with Gasteiger partial charge in [-0.2, -0.15) is 0 Å². The van der Waals surface area contributed by atoms with Crippen LogP contribution in [-0.4, -0.2) is 28.8 Å². The summed E-state index contributed by atoms with van der Waals surface area (Å²) in [6.45, 7) is 3.80. The summed E-state index contributed by atoms with van der Waals surface area (Å²) in [4.78, 5) is 27.8. The van der Waals surface area contributed by atoms with Gasteiger partial charge in [0.1, 0.15) is 0 Å². The number of amides is 1. The third kappa shape index (κ3) is 4.02. The number of nitrogens with one attached hydrogen (secondary N) is 3. The second kappa shape index (κ2) is 9.15. The molecule has 8 heteroatoms. The van der Waals surface area contributed by atoms with Gasteiger partial charge in [-0.25, -0.2) is 5.43 Å². The van der Waals surface area contributed by atoms with Crippen molar-refractivity contribution in [3.8, 4) is 11.5 Å². The third-order valence-electron chi connectivity index (χ3n) is 6.11. The van der Waals surface area contributed by atoms with Crippen molar-refractivity contribution in [3.05, 3.63) is 46.8 Å². The summed E-state index contributed by atoms with van der Waals surface area (Å²) in [6, 6.07) is 11.6. The lowest BCUT2D eigenvalue weighted by Crippen LogP contribution is -2.37. The van der Waals surface area contributed by atoms with E-state index in [2.05, 4.69) is 27.3 Å². The first kappa shape index (κ1) is 21.3. The highest BCUT2D eigenvalue weighted by atomic mass is 16.7. The Hall–Kier alpha value is -3.52. The first-order chi connectivity index (χ1) is 16.2. The summed E-state index contributed by atoms with van der Waals surface area (Å²) in [5.74, 6) is 1.43. The van der Waals surface area contributed by atoms with E-state index >= 15 is 0 Å². The van der Waals surface area contributed by atoms with Crippen molar-refractivity contribution >= 4 is 38.6 Å². The van der Waals surface area contributed by atoms with E-state index < -0.39 is 0 Å². The van der Waals surface area contributed by atoms with Gasteiger partial charge in [0.2, 0.25) is 12.7 Å². The van der Waals surface area contributed by atoms with E-state index in [4.69, 9.17) is 9.47 Å². The lowest BCUT2D eigenvalue weighted by atomic mass is 10.1. The number of rotatable bonds is 9. The highest BCUT2D eigenvalue weighted by molar-refractivity contribution is 6.16. The van der Waals surface area contributed by atoms with Gasteiger partial charge >= 0.3 is 0 Å². The van der Waals surface area contributed by atoms with Crippen LogP contribution in [0, 0.1) is 0 Å². The number of hydrogen-bond acceptors (Lipinski definition) is 5. The number of unbranched alkanes of at least 4 members (excludes halogenated alkanes) is 2. The molecule has 0 saturated heterocycles. The van der Waals surface area contributed by atoms with Crippen molar-refractivity contribution in [2.45, 2.75) is 45.6 Å². The Morgan fingerprint density at radius 2 is 1.85 bits per heavy atom. The normalized spacial score (nSPS) is 12.8. The molecule has 0 atom stereocenters. The van der Waals surface area contributed by atoms with Gasteiger partial charge in [-0.15, -0.1) is 0 Å². The molecular weight excluding hydrogens is 420 g/mol. The summed E-state index contributed by atoms with van der Waals surface area (Å²) >= 11 is 0. The molecule has 1 aliphatic rings. The van der Waals surface area contributed by atoms with E-state index in [0.29, 0.717) is 17.6 Å². The molecule has 4 aromatic rings. The predicted octanol–water partition coefficient (Wildman–Crippen LogP) is 3.96. The van der Waals surface area contributed by atoms with E-state index in [0.717, 1.165) is 71.8 Å². The quantitative estimate of drug-likeness (QED) is 0.266. The van der Waals surface area contributed by atoms with Crippen LogP contribution >= 0.6 is 0 Å². The standard InChI is InChI=1S/C25H28N4O4/c1-2-11-26-28-22(30)10-4-3-7-12-29-19-14-21-20(32-15-33-21)13-18(19)23-24(29)16-8-5-6-9-17(16)25(31)27-23/h5-6,8-9,13-14,26H,2-4,7,10-12,15H2,1H3,(H,27,31)(H,28,30). The molecule has 0 unspecified atom stereocenters. The Kier molecular flexibility index (Phi) is 5.92. The van der Waals surface area contributed by atoms with Gasteiger partial charge in [0.05, 0.1) is 16.6 Å². The highest BCUT2D eigenvalue weighted by Crippen LogP contribution is 2.40. The molecule has 0 saturated carbocycles. The maximum Gasteiger partial charge on any atom is 0.256 e. The molecular formula is C25H28N4O4. The molecule has 0 bridgehead atoms. The minimum atomic E-state index is -0.0995. The topological polar surface area (TPSA) is 97.4 Å². The minimum Gasteiger partial charge on any atom is -0.454 e. The van der Waals surface area contributed by atoms with Gasteiger partial charge in [-0.3, -0.25) is 15.0 Å². The Morgan fingerprint density at radius 3 is 2.67 bits per heavy atom. The molecule has 0 radical (unpaired) electrons. The van der Waals surface area contributed by atoms with Crippen molar-refractivity contribution in [1.82, 2.24) is 20.4 Å². The van der Waals surface area contributed by atoms with Crippen molar-refractivity contribution < 1.29 is 14.3 Å². The molecule has 0 fully saturated rings. The van der Waals surface area contributed by atoms with E-state index in [-0.39, 0.29) is 18.3 Å². The van der Waals surface area contributed by atoms with Gasteiger partial charge < -0.3 is 19.0 Å². The van der Waals surface area contributed by atoms with Crippen LogP contribution in [0.5, 0.6) is 11.5 Å². The summed E-state index contributed by atoms with van der Waals surface area (Å²) < 4.78 is 13.5. The number of aromatic nitrogens is 2. The van der Waals surface area contributed by atoms with Crippen LogP contribution in [0.1, 0.15) is 39.0 Å². The number of hydrogen-bond donors (Lipinski definition) is 3. The second-order valence-electron chi connectivity index (χ2n) is 8.38. The summed E-state index contributed by atoms with van der Waals surface area (Å²) in [5.41, 5.74) is 8.38. The van der Waals surface area contributed by atoms with Crippen LogP contribution in [0.25, 0.3) is 32.7 Å². The number of aromatic amines is 1. The fourth-order valence-corrected chi connectivity index (χ4v) is 4.53. The predicted molar refractivity (Wildman–Crippen MR) is 129 cm³/mol. The molecule has 172 valence electrons. The van der Waals surface area contributed by atoms with Crippen LogP contribution in [0.3, 0.4) is 0 Å². The second-order valence-corrected chi connectivity index (χ2v) is 8.38. The monoisotopic (exact) mass is 448 g/mol. The highest BCUT2D eigenvalue weighted by Gasteiger charge is 2.21. The average molecular weight is 449 g/mol. The first-order valence-corrected chi connectivity index (χ1v) is 11.6. The Balaban J connectivity index is 1.45. The van der Waals surface area contributed by atoms with Crippen molar-refractivity contribution in [1.29, 1.82) is 0 Å². The number of nitrogens with zero attached hydrogens (tertiary/aromatic N) is 1. The number of benzene rings is 2. The van der Waals surface area contributed by atoms with Crippen LogP contribution in [-0.2, 0) is 11.3 Å². The molecule has 0 spiro atoms. The zero-order valence-electron chi connectivity index (χ0n) is 18.7.